The highest BCUT2D eigenvalue weighted by molar-refractivity contribution is 5.90. The molecule has 0 atom stereocenters. The van der Waals surface area contributed by atoms with Gasteiger partial charge in [-0.1, -0.05) is 0 Å². The second-order valence-corrected chi connectivity index (χ2v) is 4.62. The highest BCUT2D eigenvalue weighted by Crippen LogP contribution is 2.14. The predicted molar refractivity (Wildman–Crippen MR) is 77.1 cm³/mol. The summed E-state index contributed by atoms with van der Waals surface area (Å²) in [6.07, 6.45) is 1.03. The minimum atomic E-state index is -0.622. The summed E-state index contributed by atoms with van der Waals surface area (Å²) in [5.74, 6) is -0.991. The zero-order valence-electron chi connectivity index (χ0n) is 11.6. The third-order valence-electron chi connectivity index (χ3n) is 2.94. The van der Waals surface area contributed by atoms with Crippen molar-refractivity contribution in [2.24, 2.45) is 0 Å². The highest BCUT2D eigenvalue weighted by atomic mass is 19.1. The third-order valence-corrected chi connectivity index (χ3v) is 2.94. The Labute approximate surface area is 124 Å². The number of nitro groups is 1. The number of pyridine rings is 1. The van der Waals surface area contributed by atoms with E-state index in [1.54, 1.807) is 0 Å². The van der Waals surface area contributed by atoms with E-state index >= 15 is 0 Å². The molecule has 0 aliphatic heterocycles. The standard InChI is InChI=1S/C14H12FN3O4/c1-9-6-14(20)17(7-12(9)18(21)22)8-13(19)16-11-4-2-10(15)3-5-11/h2-7H,8H2,1H3,(H,16,19). The smallest absolute Gasteiger partial charge is 0.288 e. The Morgan fingerprint density at radius 3 is 2.59 bits per heavy atom. The van der Waals surface area contributed by atoms with Gasteiger partial charge in [0.25, 0.3) is 11.2 Å². The van der Waals surface area contributed by atoms with Gasteiger partial charge in [-0.2, -0.15) is 0 Å². The zero-order chi connectivity index (χ0) is 16.3. The SMILES string of the molecule is Cc1cc(=O)n(CC(=O)Nc2ccc(F)cc2)cc1[N+](=O)[O-]. The number of carbonyl (C=O) groups excluding carboxylic acids is 1. The number of hydrogen-bond donors (Lipinski definition) is 1. The Morgan fingerprint density at radius 2 is 2.00 bits per heavy atom. The maximum absolute atomic E-state index is 12.8. The molecule has 114 valence electrons. The fourth-order valence-corrected chi connectivity index (χ4v) is 1.86. The summed E-state index contributed by atoms with van der Waals surface area (Å²) < 4.78 is 13.7. The quantitative estimate of drug-likeness (QED) is 0.689. The largest absolute Gasteiger partial charge is 0.325 e. The number of benzene rings is 1. The van der Waals surface area contributed by atoms with Crippen LogP contribution in [0.15, 0.2) is 41.3 Å². The minimum Gasteiger partial charge on any atom is -0.325 e. The molecule has 1 heterocycles. The molecule has 1 aromatic carbocycles. The topological polar surface area (TPSA) is 94.2 Å². The van der Waals surface area contributed by atoms with Crippen LogP contribution in [0.25, 0.3) is 0 Å². The maximum atomic E-state index is 12.8. The van der Waals surface area contributed by atoms with Crippen molar-refractivity contribution in [3.05, 3.63) is 68.4 Å². The molecule has 0 saturated heterocycles. The molecule has 1 amide bonds. The summed E-state index contributed by atoms with van der Waals surface area (Å²) in [7, 11) is 0. The average Bonchev–Trinajstić information content (AvgIpc) is 2.44. The molecular formula is C14H12FN3O4. The van der Waals surface area contributed by atoms with Crippen LogP contribution in [-0.2, 0) is 11.3 Å². The van der Waals surface area contributed by atoms with Gasteiger partial charge in [-0.15, -0.1) is 0 Å². The Kier molecular flexibility index (Phi) is 4.31. The van der Waals surface area contributed by atoms with E-state index in [2.05, 4.69) is 5.32 Å². The lowest BCUT2D eigenvalue weighted by molar-refractivity contribution is -0.385. The number of aryl methyl sites for hydroxylation is 1. The van der Waals surface area contributed by atoms with Crippen LogP contribution in [0.3, 0.4) is 0 Å². The van der Waals surface area contributed by atoms with Crippen molar-refractivity contribution >= 4 is 17.3 Å². The molecule has 0 aliphatic rings. The first-order valence-electron chi connectivity index (χ1n) is 6.27. The van der Waals surface area contributed by atoms with Gasteiger partial charge in [-0.3, -0.25) is 24.3 Å². The molecule has 0 spiro atoms. The summed E-state index contributed by atoms with van der Waals surface area (Å²) in [5.41, 5.74) is -0.169. The molecule has 0 saturated carbocycles. The third kappa shape index (κ3) is 3.54. The van der Waals surface area contributed by atoms with Crippen molar-refractivity contribution in [1.29, 1.82) is 0 Å². The van der Waals surface area contributed by atoms with Gasteiger partial charge < -0.3 is 5.32 Å². The predicted octanol–water partition coefficient (Wildman–Crippen LogP) is 1.84. The molecule has 1 N–H and O–H groups in total. The van der Waals surface area contributed by atoms with Crippen LogP contribution in [-0.4, -0.2) is 15.4 Å². The Balaban J connectivity index is 2.18. The Hall–Kier alpha value is -3.03. The van der Waals surface area contributed by atoms with E-state index in [0.29, 0.717) is 5.69 Å². The Morgan fingerprint density at radius 1 is 1.36 bits per heavy atom. The van der Waals surface area contributed by atoms with Crippen LogP contribution in [0.4, 0.5) is 15.8 Å². The van der Waals surface area contributed by atoms with Crippen molar-refractivity contribution in [3.63, 3.8) is 0 Å². The second-order valence-electron chi connectivity index (χ2n) is 4.62. The number of amides is 1. The number of halogens is 1. The number of aromatic nitrogens is 1. The molecular weight excluding hydrogens is 293 g/mol. The van der Waals surface area contributed by atoms with Crippen molar-refractivity contribution in [2.45, 2.75) is 13.5 Å². The molecule has 0 unspecified atom stereocenters. The van der Waals surface area contributed by atoms with E-state index in [1.807, 2.05) is 0 Å². The molecule has 2 rings (SSSR count). The van der Waals surface area contributed by atoms with Crippen LogP contribution >= 0.6 is 0 Å². The fourth-order valence-electron chi connectivity index (χ4n) is 1.86. The fraction of sp³-hybridized carbons (Fsp3) is 0.143. The van der Waals surface area contributed by atoms with Crippen LogP contribution in [0, 0.1) is 22.9 Å². The summed E-state index contributed by atoms with van der Waals surface area (Å²) in [5, 5.41) is 13.3. The first-order valence-corrected chi connectivity index (χ1v) is 6.27. The lowest BCUT2D eigenvalue weighted by Gasteiger charge is -2.08. The first-order chi connectivity index (χ1) is 10.4. The normalized spacial score (nSPS) is 10.3. The van der Waals surface area contributed by atoms with Crippen molar-refractivity contribution in [3.8, 4) is 0 Å². The number of carbonyl (C=O) groups is 1. The molecule has 0 bridgehead atoms. The van der Waals surface area contributed by atoms with Crippen molar-refractivity contribution < 1.29 is 14.1 Å². The van der Waals surface area contributed by atoms with Crippen LogP contribution in [0.1, 0.15) is 5.56 Å². The van der Waals surface area contributed by atoms with Gasteiger partial charge in [0.05, 0.1) is 11.1 Å². The maximum Gasteiger partial charge on any atom is 0.288 e. The molecule has 0 aliphatic carbocycles. The monoisotopic (exact) mass is 305 g/mol. The van der Waals surface area contributed by atoms with Gasteiger partial charge in [0.2, 0.25) is 5.91 Å². The first kappa shape index (κ1) is 15.4. The molecule has 7 nitrogen and oxygen atoms in total. The van der Waals surface area contributed by atoms with E-state index in [9.17, 15) is 24.1 Å². The van der Waals surface area contributed by atoms with Gasteiger partial charge >= 0.3 is 0 Å². The van der Waals surface area contributed by atoms with Gasteiger partial charge in [0, 0.05) is 17.3 Å². The van der Waals surface area contributed by atoms with Gasteiger partial charge in [-0.25, -0.2) is 4.39 Å². The van der Waals surface area contributed by atoms with Gasteiger partial charge in [-0.05, 0) is 31.2 Å². The molecule has 0 fully saturated rings. The number of nitrogens with one attached hydrogen (secondary N) is 1. The summed E-state index contributed by atoms with van der Waals surface area (Å²) in [6.45, 7) is 1.07. The highest BCUT2D eigenvalue weighted by Gasteiger charge is 2.14. The molecule has 8 heteroatoms. The van der Waals surface area contributed by atoms with E-state index in [-0.39, 0.29) is 17.8 Å². The number of nitrogens with zero attached hydrogens (tertiary/aromatic N) is 2. The average molecular weight is 305 g/mol. The van der Waals surface area contributed by atoms with E-state index in [1.165, 1.54) is 31.2 Å². The van der Waals surface area contributed by atoms with Crippen LogP contribution < -0.4 is 10.9 Å². The minimum absolute atomic E-state index is 0.227. The van der Waals surface area contributed by atoms with E-state index < -0.39 is 22.2 Å². The number of hydrogen-bond acceptors (Lipinski definition) is 4. The zero-order valence-corrected chi connectivity index (χ0v) is 11.6. The van der Waals surface area contributed by atoms with Crippen molar-refractivity contribution in [1.82, 2.24) is 4.57 Å². The molecule has 1 aromatic heterocycles. The Bertz CT molecular complexity index is 784. The number of anilines is 1. The van der Waals surface area contributed by atoms with E-state index in [4.69, 9.17) is 0 Å². The summed E-state index contributed by atoms with van der Waals surface area (Å²) in [4.78, 5) is 33.8. The summed E-state index contributed by atoms with van der Waals surface area (Å²) >= 11 is 0. The van der Waals surface area contributed by atoms with Crippen molar-refractivity contribution in [2.75, 3.05) is 5.32 Å². The summed E-state index contributed by atoms with van der Waals surface area (Å²) in [6, 6.07) is 6.20. The van der Waals surface area contributed by atoms with Crippen LogP contribution in [0.5, 0.6) is 0 Å². The van der Waals surface area contributed by atoms with E-state index in [0.717, 1.165) is 16.8 Å². The second kappa shape index (κ2) is 6.17. The lowest BCUT2D eigenvalue weighted by Crippen LogP contribution is -2.27. The lowest BCUT2D eigenvalue weighted by atomic mass is 10.2. The van der Waals surface area contributed by atoms with Gasteiger partial charge in [0.15, 0.2) is 0 Å². The van der Waals surface area contributed by atoms with Gasteiger partial charge in [0.1, 0.15) is 12.4 Å². The molecule has 0 radical (unpaired) electrons. The molecule has 2 aromatic rings. The molecule has 22 heavy (non-hydrogen) atoms. The number of rotatable bonds is 4. The van der Waals surface area contributed by atoms with Crippen LogP contribution in [0.2, 0.25) is 0 Å².